The molecule has 0 aliphatic carbocycles. The van der Waals surface area contributed by atoms with Crippen molar-refractivity contribution in [2.75, 3.05) is 4.90 Å². The van der Waals surface area contributed by atoms with Crippen molar-refractivity contribution in [2.45, 2.75) is 0 Å². The maximum Gasteiger partial charge on any atom is 0.124 e. The molecule has 0 saturated heterocycles. The van der Waals surface area contributed by atoms with Gasteiger partial charge in [-0.25, -0.2) is 4.98 Å². The molecule has 0 N–H and O–H groups in total. The molecule has 0 atom stereocenters. The van der Waals surface area contributed by atoms with Crippen molar-refractivity contribution in [1.82, 2.24) is 4.98 Å². The fourth-order valence-corrected chi connectivity index (χ4v) is 10.8. The molecule has 5 heteroatoms. The Morgan fingerprint density at radius 3 is 1.52 bits per heavy atom. The molecule has 0 spiro atoms. The summed E-state index contributed by atoms with van der Waals surface area (Å²) in [6.45, 7) is 0. The van der Waals surface area contributed by atoms with E-state index in [4.69, 9.17) is 4.98 Å². The van der Waals surface area contributed by atoms with Crippen LogP contribution >= 0.6 is 34.0 Å². The number of nitrogens with zero attached hydrogens (tertiary/aromatic N) is 2. The first-order chi connectivity index (χ1) is 24.7. The van der Waals surface area contributed by atoms with Gasteiger partial charge >= 0.3 is 0 Å². The predicted octanol–water partition coefficient (Wildman–Crippen LogP) is 14.5. The van der Waals surface area contributed by atoms with Crippen molar-refractivity contribution in [2.24, 2.45) is 0 Å². The molecule has 0 aliphatic heterocycles. The predicted molar refractivity (Wildman–Crippen MR) is 221 cm³/mol. The molecule has 0 radical (unpaired) electrons. The zero-order valence-corrected chi connectivity index (χ0v) is 29.1. The van der Waals surface area contributed by atoms with Crippen LogP contribution in [0.15, 0.2) is 158 Å². The number of anilines is 3. The zero-order chi connectivity index (χ0) is 32.8. The van der Waals surface area contributed by atoms with Gasteiger partial charge in [-0.05, 0) is 94.3 Å². The Kier molecular flexibility index (Phi) is 6.20. The summed E-state index contributed by atoms with van der Waals surface area (Å²) in [6.07, 6.45) is 0. The van der Waals surface area contributed by atoms with E-state index in [0.717, 1.165) is 33.1 Å². The molecule has 234 valence electrons. The van der Waals surface area contributed by atoms with Crippen molar-refractivity contribution in [1.29, 1.82) is 0 Å². The summed E-state index contributed by atoms with van der Waals surface area (Å²) in [6, 6.07) is 57.8. The molecular weight excluding hydrogens is 665 g/mol. The van der Waals surface area contributed by atoms with Gasteiger partial charge in [0.15, 0.2) is 0 Å². The lowest BCUT2D eigenvalue weighted by Crippen LogP contribution is -2.09. The monoisotopic (exact) mass is 690 g/mol. The van der Waals surface area contributed by atoms with Gasteiger partial charge in [-0.15, -0.1) is 34.0 Å². The van der Waals surface area contributed by atoms with Crippen LogP contribution in [0.5, 0.6) is 0 Å². The molecule has 0 aliphatic rings. The van der Waals surface area contributed by atoms with Crippen LogP contribution in [-0.4, -0.2) is 4.98 Å². The van der Waals surface area contributed by atoms with E-state index in [0.29, 0.717) is 0 Å². The average Bonchev–Trinajstić information content (AvgIpc) is 3.88. The molecule has 8 aromatic carbocycles. The Morgan fingerprint density at radius 2 is 0.920 bits per heavy atom. The number of thiophene rings is 2. The molecule has 2 nitrogen and oxygen atoms in total. The number of hydrogen-bond donors (Lipinski definition) is 0. The van der Waals surface area contributed by atoms with E-state index in [9.17, 15) is 0 Å². The molecule has 0 bridgehead atoms. The summed E-state index contributed by atoms with van der Waals surface area (Å²) in [5.41, 5.74) is 5.59. The van der Waals surface area contributed by atoms with Crippen LogP contribution in [0.2, 0.25) is 0 Å². The normalized spacial score (nSPS) is 12.0. The lowest BCUT2D eigenvalue weighted by molar-refractivity contribution is 1.30. The van der Waals surface area contributed by atoms with Gasteiger partial charge in [0, 0.05) is 63.0 Å². The zero-order valence-electron chi connectivity index (χ0n) is 26.6. The van der Waals surface area contributed by atoms with Gasteiger partial charge in [0.2, 0.25) is 0 Å². The minimum atomic E-state index is 1.04. The van der Waals surface area contributed by atoms with Crippen LogP contribution < -0.4 is 4.90 Å². The lowest BCUT2D eigenvalue weighted by Gasteiger charge is -2.26. The van der Waals surface area contributed by atoms with E-state index in [1.165, 1.54) is 66.6 Å². The second-order valence-corrected chi connectivity index (χ2v) is 16.0. The van der Waals surface area contributed by atoms with Crippen molar-refractivity contribution < 1.29 is 0 Å². The van der Waals surface area contributed by atoms with Crippen LogP contribution in [0, 0.1) is 0 Å². The van der Waals surface area contributed by atoms with E-state index >= 15 is 0 Å². The number of hydrogen-bond acceptors (Lipinski definition) is 5. The molecule has 0 amide bonds. The smallest absolute Gasteiger partial charge is 0.124 e. The highest BCUT2D eigenvalue weighted by Gasteiger charge is 2.18. The fraction of sp³-hybridized carbons (Fsp3) is 0. The summed E-state index contributed by atoms with van der Waals surface area (Å²) in [5.74, 6) is 0. The summed E-state index contributed by atoms with van der Waals surface area (Å²) >= 11 is 5.49. The van der Waals surface area contributed by atoms with Crippen LogP contribution in [-0.2, 0) is 0 Å². The fourth-order valence-electron chi connectivity index (χ4n) is 7.54. The third-order valence-electron chi connectivity index (χ3n) is 9.87. The molecule has 3 aromatic heterocycles. The minimum Gasteiger partial charge on any atom is -0.310 e. The third-order valence-corrected chi connectivity index (χ3v) is 13.2. The molecule has 50 heavy (non-hydrogen) atoms. The Morgan fingerprint density at radius 1 is 0.380 bits per heavy atom. The first-order valence-corrected chi connectivity index (χ1v) is 19.1. The van der Waals surface area contributed by atoms with E-state index in [-0.39, 0.29) is 0 Å². The first-order valence-electron chi connectivity index (χ1n) is 16.7. The molecule has 0 saturated carbocycles. The summed E-state index contributed by atoms with van der Waals surface area (Å²) < 4.78 is 6.43. The number of benzene rings is 8. The third kappa shape index (κ3) is 4.34. The van der Waals surface area contributed by atoms with Gasteiger partial charge in [0.05, 0.1) is 10.2 Å². The standard InChI is InChI=1S/C45H26N2S3/c1-3-9-33-27(7-1)15-23-39-43(33)35-21-19-31(25-41(35)48-39)47(30-17-13-29(14-18-30)45-46-37-11-5-6-12-38(37)50-45)32-20-22-36-42(26-32)49-40-24-16-28-8-2-4-10-34(28)44(36)40/h1-26H. The van der Waals surface area contributed by atoms with Gasteiger partial charge < -0.3 is 4.90 Å². The lowest BCUT2D eigenvalue weighted by atomic mass is 10.0. The van der Waals surface area contributed by atoms with Crippen LogP contribution in [0.4, 0.5) is 17.1 Å². The van der Waals surface area contributed by atoms with Gasteiger partial charge in [0.1, 0.15) is 5.01 Å². The first kappa shape index (κ1) is 28.3. The summed E-state index contributed by atoms with van der Waals surface area (Å²) in [4.78, 5) is 7.34. The topological polar surface area (TPSA) is 16.1 Å². The largest absolute Gasteiger partial charge is 0.310 e. The van der Waals surface area contributed by atoms with Gasteiger partial charge in [-0.3, -0.25) is 0 Å². The highest BCUT2D eigenvalue weighted by atomic mass is 32.1. The Labute approximate surface area is 299 Å². The molecule has 0 fully saturated rings. The molecule has 3 heterocycles. The minimum absolute atomic E-state index is 1.04. The Balaban J connectivity index is 1.09. The highest BCUT2D eigenvalue weighted by molar-refractivity contribution is 7.26. The van der Waals surface area contributed by atoms with Crippen LogP contribution in [0.1, 0.15) is 0 Å². The van der Waals surface area contributed by atoms with Crippen LogP contribution in [0.25, 0.3) is 82.7 Å². The number of aromatic nitrogens is 1. The maximum absolute atomic E-state index is 4.93. The van der Waals surface area contributed by atoms with Crippen molar-refractivity contribution in [3.05, 3.63) is 158 Å². The second-order valence-electron chi connectivity index (χ2n) is 12.8. The van der Waals surface area contributed by atoms with Gasteiger partial charge in [0.25, 0.3) is 0 Å². The Hall–Kier alpha value is -5.59. The maximum atomic E-state index is 4.93. The highest BCUT2D eigenvalue weighted by Crippen LogP contribution is 2.45. The summed E-state index contributed by atoms with van der Waals surface area (Å²) in [5, 5.41) is 11.5. The van der Waals surface area contributed by atoms with E-state index < -0.39 is 0 Å². The van der Waals surface area contributed by atoms with Crippen molar-refractivity contribution in [3.8, 4) is 10.6 Å². The van der Waals surface area contributed by atoms with E-state index in [1.807, 2.05) is 22.7 Å². The number of fused-ring (bicyclic) bond motifs is 11. The quantitative estimate of drug-likeness (QED) is 0.183. The van der Waals surface area contributed by atoms with Crippen molar-refractivity contribution >= 4 is 123 Å². The second kappa shape index (κ2) is 11.0. The van der Waals surface area contributed by atoms with Crippen LogP contribution in [0.3, 0.4) is 0 Å². The van der Waals surface area contributed by atoms with Gasteiger partial charge in [-0.1, -0.05) is 84.9 Å². The van der Waals surface area contributed by atoms with Crippen molar-refractivity contribution in [3.63, 3.8) is 0 Å². The summed E-state index contributed by atoms with van der Waals surface area (Å²) in [7, 11) is 0. The number of thiazole rings is 1. The molecule has 0 unspecified atom stereocenters. The molecule has 11 aromatic rings. The molecule has 11 rings (SSSR count). The average molecular weight is 691 g/mol. The van der Waals surface area contributed by atoms with Gasteiger partial charge in [-0.2, -0.15) is 0 Å². The van der Waals surface area contributed by atoms with E-state index in [1.54, 1.807) is 11.3 Å². The number of para-hydroxylation sites is 1. The molecular formula is C45H26N2S3. The SMILES string of the molecule is c1ccc2c(c1)ccc1sc3cc(N(c4ccc(-c5nc6ccccc6s5)cc4)c4ccc5c(c4)sc4ccc6ccccc6c45)ccc3c12. The Bertz CT molecular complexity index is 2920. The number of rotatable bonds is 4. The van der Waals surface area contributed by atoms with E-state index in [2.05, 4.69) is 163 Å².